The lowest BCUT2D eigenvalue weighted by molar-refractivity contribution is -0.123. The van der Waals surface area contributed by atoms with E-state index >= 15 is 0 Å². The second kappa shape index (κ2) is 11.0. The van der Waals surface area contributed by atoms with E-state index in [1.807, 2.05) is 36.4 Å². The Morgan fingerprint density at radius 2 is 1.71 bits per heavy atom. The molecule has 0 fully saturated rings. The van der Waals surface area contributed by atoms with Gasteiger partial charge in [0.2, 0.25) is 0 Å². The Labute approximate surface area is 209 Å². The molecule has 0 atom stereocenters. The van der Waals surface area contributed by atoms with E-state index in [0.29, 0.717) is 16.3 Å². The molecule has 0 aliphatic heterocycles. The van der Waals surface area contributed by atoms with E-state index in [4.69, 9.17) is 21.1 Å². The monoisotopic (exact) mass is 536 g/mol. The minimum absolute atomic E-state index is 0.206. The lowest BCUT2D eigenvalue weighted by Crippen LogP contribution is -2.24. The number of rotatable bonds is 7. The molecule has 8 heteroatoms. The molecular weight excluding hydrogens is 520 g/mol. The molecule has 0 aromatic heterocycles. The predicted molar refractivity (Wildman–Crippen MR) is 136 cm³/mol. The van der Waals surface area contributed by atoms with Crippen molar-refractivity contribution in [3.63, 3.8) is 0 Å². The van der Waals surface area contributed by atoms with Gasteiger partial charge in [-0.3, -0.25) is 4.79 Å². The van der Waals surface area contributed by atoms with Gasteiger partial charge in [-0.25, -0.2) is 10.2 Å². The zero-order valence-corrected chi connectivity index (χ0v) is 20.0. The topological polar surface area (TPSA) is 77.0 Å². The first-order chi connectivity index (χ1) is 16.5. The van der Waals surface area contributed by atoms with Crippen LogP contribution >= 0.6 is 27.5 Å². The highest BCUT2D eigenvalue weighted by Crippen LogP contribution is 2.24. The van der Waals surface area contributed by atoms with Crippen molar-refractivity contribution in [3.05, 3.63) is 106 Å². The van der Waals surface area contributed by atoms with Crippen molar-refractivity contribution in [2.75, 3.05) is 6.61 Å². The molecular formula is C26H18BrClN2O4. The van der Waals surface area contributed by atoms with Crippen LogP contribution in [0.2, 0.25) is 5.02 Å². The number of hydrogen-bond acceptors (Lipinski definition) is 5. The van der Waals surface area contributed by atoms with E-state index in [1.165, 1.54) is 6.21 Å². The average Bonchev–Trinajstić information content (AvgIpc) is 2.84. The fraction of sp³-hybridized carbons (Fsp3) is 0.0385. The van der Waals surface area contributed by atoms with Crippen LogP contribution in [0.25, 0.3) is 10.8 Å². The molecule has 0 heterocycles. The van der Waals surface area contributed by atoms with Gasteiger partial charge in [-0.15, -0.1) is 0 Å². The summed E-state index contributed by atoms with van der Waals surface area (Å²) >= 11 is 9.45. The van der Waals surface area contributed by atoms with E-state index in [2.05, 4.69) is 26.5 Å². The van der Waals surface area contributed by atoms with Crippen molar-refractivity contribution in [2.24, 2.45) is 5.10 Å². The number of esters is 1. The Hall–Kier alpha value is -3.68. The molecule has 1 N–H and O–H groups in total. The van der Waals surface area contributed by atoms with Gasteiger partial charge in [0, 0.05) is 10.0 Å². The zero-order chi connectivity index (χ0) is 23.9. The summed E-state index contributed by atoms with van der Waals surface area (Å²) in [6, 6.07) is 25.1. The average molecular weight is 538 g/mol. The molecule has 0 saturated carbocycles. The minimum Gasteiger partial charge on any atom is -0.484 e. The van der Waals surface area contributed by atoms with Crippen LogP contribution in [0.3, 0.4) is 0 Å². The van der Waals surface area contributed by atoms with Gasteiger partial charge in [0.15, 0.2) is 6.61 Å². The van der Waals surface area contributed by atoms with Gasteiger partial charge in [0.1, 0.15) is 11.5 Å². The van der Waals surface area contributed by atoms with Gasteiger partial charge >= 0.3 is 5.97 Å². The van der Waals surface area contributed by atoms with Crippen LogP contribution < -0.4 is 14.9 Å². The standard InChI is InChI=1S/C26H18BrClN2O4/c27-20-10-12-24(34-26(32)22-7-3-4-8-23(22)28)19(13-20)15-29-30-25(31)16-33-21-11-9-17-5-1-2-6-18(17)14-21/h1-15H,16H2,(H,30,31)/b29-15+. The third-order valence-corrected chi connectivity index (χ3v) is 5.57. The molecule has 0 radical (unpaired) electrons. The van der Waals surface area contributed by atoms with Crippen LogP contribution in [0, 0.1) is 0 Å². The van der Waals surface area contributed by atoms with Crippen LogP contribution in [-0.4, -0.2) is 24.7 Å². The van der Waals surface area contributed by atoms with Crippen molar-refractivity contribution in [3.8, 4) is 11.5 Å². The number of halogens is 2. The van der Waals surface area contributed by atoms with Crippen molar-refractivity contribution < 1.29 is 19.1 Å². The molecule has 1 amide bonds. The molecule has 0 unspecified atom stereocenters. The molecule has 4 aromatic rings. The molecule has 170 valence electrons. The van der Waals surface area contributed by atoms with Crippen LogP contribution in [-0.2, 0) is 4.79 Å². The molecule has 0 aliphatic carbocycles. The summed E-state index contributed by atoms with van der Waals surface area (Å²) in [5.74, 6) is -0.193. The van der Waals surface area contributed by atoms with E-state index < -0.39 is 11.9 Å². The Morgan fingerprint density at radius 3 is 2.53 bits per heavy atom. The number of carbonyl (C=O) groups is 2. The van der Waals surface area contributed by atoms with Gasteiger partial charge in [0.05, 0.1) is 16.8 Å². The Morgan fingerprint density at radius 1 is 0.941 bits per heavy atom. The smallest absolute Gasteiger partial charge is 0.345 e. The highest BCUT2D eigenvalue weighted by atomic mass is 79.9. The number of nitrogens with one attached hydrogen (secondary N) is 1. The van der Waals surface area contributed by atoms with Gasteiger partial charge in [0.25, 0.3) is 5.91 Å². The Bertz CT molecular complexity index is 1390. The summed E-state index contributed by atoms with van der Waals surface area (Å²) in [5, 5.41) is 6.36. The zero-order valence-electron chi connectivity index (χ0n) is 17.7. The van der Waals surface area contributed by atoms with Crippen molar-refractivity contribution in [1.82, 2.24) is 5.43 Å². The second-order valence-corrected chi connectivity index (χ2v) is 8.47. The summed E-state index contributed by atoms with van der Waals surface area (Å²) in [7, 11) is 0. The maximum Gasteiger partial charge on any atom is 0.345 e. The third kappa shape index (κ3) is 6.01. The number of hydrazone groups is 1. The summed E-state index contributed by atoms with van der Waals surface area (Å²) < 4.78 is 11.8. The van der Waals surface area contributed by atoms with Crippen LogP contribution in [0.15, 0.2) is 94.5 Å². The number of nitrogens with zero attached hydrogens (tertiary/aromatic N) is 1. The molecule has 4 aromatic carbocycles. The normalized spacial score (nSPS) is 10.9. The molecule has 0 spiro atoms. The van der Waals surface area contributed by atoms with Gasteiger partial charge in [-0.1, -0.05) is 70.0 Å². The molecule has 0 aliphatic rings. The van der Waals surface area contributed by atoms with E-state index in [0.717, 1.165) is 15.2 Å². The highest BCUT2D eigenvalue weighted by Gasteiger charge is 2.14. The molecule has 0 saturated heterocycles. The molecule has 4 rings (SSSR count). The third-order valence-electron chi connectivity index (χ3n) is 4.75. The van der Waals surface area contributed by atoms with Gasteiger partial charge < -0.3 is 9.47 Å². The number of fused-ring (bicyclic) bond motifs is 1. The number of hydrogen-bond donors (Lipinski definition) is 1. The Kier molecular flexibility index (Phi) is 7.57. The Balaban J connectivity index is 1.38. The molecule has 6 nitrogen and oxygen atoms in total. The number of benzene rings is 4. The molecule has 34 heavy (non-hydrogen) atoms. The SMILES string of the molecule is O=C(COc1ccc2ccccc2c1)N/N=C/c1cc(Br)ccc1OC(=O)c1ccccc1Cl. The van der Waals surface area contributed by atoms with E-state index in [-0.39, 0.29) is 17.9 Å². The maximum atomic E-state index is 12.5. The lowest BCUT2D eigenvalue weighted by atomic mass is 10.1. The van der Waals surface area contributed by atoms with Gasteiger partial charge in [-0.05, 0) is 53.2 Å². The van der Waals surface area contributed by atoms with E-state index in [9.17, 15) is 9.59 Å². The quantitative estimate of drug-likeness (QED) is 0.136. The maximum absolute atomic E-state index is 12.5. The second-order valence-electron chi connectivity index (χ2n) is 7.14. The lowest BCUT2D eigenvalue weighted by Gasteiger charge is -2.09. The fourth-order valence-corrected chi connectivity index (χ4v) is 3.70. The number of ether oxygens (including phenoxy) is 2. The summed E-state index contributed by atoms with van der Waals surface area (Å²) in [4.78, 5) is 24.7. The fourth-order valence-electron chi connectivity index (χ4n) is 3.11. The van der Waals surface area contributed by atoms with Gasteiger partial charge in [-0.2, -0.15) is 5.10 Å². The highest BCUT2D eigenvalue weighted by molar-refractivity contribution is 9.10. The summed E-state index contributed by atoms with van der Waals surface area (Å²) in [5.41, 5.74) is 3.13. The summed E-state index contributed by atoms with van der Waals surface area (Å²) in [6.45, 7) is -0.206. The van der Waals surface area contributed by atoms with Crippen LogP contribution in [0.5, 0.6) is 11.5 Å². The number of carbonyl (C=O) groups excluding carboxylic acids is 2. The largest absolute Gasteiger partial charge is 0.484 e. The van der Waals surface area contributed by atoms with Crippen molar-refractivity contribution in [1.29, 1.82) is 0 Å². The summed E-state index contributed by atoms with van der Waals surface area (Å²) in [6.07, 6.45) is 1.38. The molecule has 0 bridgehead atoms. The van der Waals surface area contributed by atoms with Crippen LogP contribution in [0.1, 0.15) is 15.9 Å². The first-order valence-corrected chi connectivity index (χ1v) is 11.4. The first kappa shape index (κ1) is 23.5. The van der Waals surface area contributed by atoms with Crippen molar-refractivity contribution >= 4 is 56.4 Å². The first-order valence-electron chi connectivity index (χ1n) is 10.2. The van der Waals surface area contributed by atoms with Crippen LogP contribution in [0.4, 0.5) is 0 Å². The van der Waals surface area contributed by atoms with Crippen molar-refractivity contribution in [2.45, 2.75) is 0 Å². The number of amides is 1. The van der Waals surface area contributed by atoms with E-state index in [1.54, 1.807) is 48.5 Å². The predicted octanol–water partition coefficient (Wildman–Crippen LogP) is 6.00. The minimum atomic E-state index is -0.601.